The number of hydrogen-bond acceptors (Lipinski definition) is 2. The Balaban J connectivity index is 2.16. The van der Waals surface area contributed by atoms with Crippen molar-refractivity contribution < 1.29 is 0 Å². The molecule has 0 aliphatic carbocycles. The summed E-state index contributed by atoms with van der Waals surface area (Å²) in [5.41, 5.74) is 10.8. The Kier molecular flexibility index (Phi) is 4.00. The van der Waals surface area contributed by atoms with Gasteiger partial charge < -0.3 is 10.6 Å². The number of nitrogens with zero attached hydrogens (tertiary/aromatic N) is 1. The Hall–Kier alpha value is -1.80. The highest BCUT2D eigenvalue weighted by Gasteiger charge is 2.06. The zero-order valence-corrected chi connectivity index (χ0v) is 11.1. The number of nitrogens with two attached hydrogens (primary N) is 1. The Morgan fingerprint density at radius 2 is 1.67 bits per heavy atom. The first-order chi connectivity index (χ1) is 8.70. The number of rotatable bonds is 4. The molecule has 0 bridgehead atoms. The van der Waals surface area contributed by atoms with Crippen LogP contribution in [0.1, 0.15) is 16.7 Å². The maximum atomic E-state index is 5.78. The van der Waals surface area contributed by atoms with E-state index in [9.17, 15) is 0 Å². The minimum Gasteiger partial charge on any atom is -0.370 e. The van der Waals surface area contributed by atoms with E-state index in [2.05, 4.69) is 61.3 Å². The van der Waals surface area contributed by atoms with Gasteiger partial charge in [0.05, 0.1) is 0 Å². The fourth-order valence-electron chi connectivity index (χ4n) is 2.11. The van der Waals surface area contributed by atoms with E-state index in [0.717, 1.165) is 6.54 Å². The minimum absolute atomic E-state index is 0.578. The van der Waals surface area contributed by atoms with E-state index < -0.39 is 0 Å². The fraction of sp³-hybridized carbons (Fsp3) is 0.250. The lowest BCUT2D eigenvalue weighted by atomic mass is 10.1. The van der Waals surface area contributed by atoms with Crippen molar-refractivity contribution >= 4 is 5.69 Å². The van der Waals surface area contributed by atoms with Crippen LogP contribution in [0.3, 0.4) is 0 Å². The van der Waals surface area contributed by atoms with Crippen molar-refractivity contribution in [2.45, 2.75) is 20.0 Å². The molecule has 2 rings (SSSR count). The van der Waals surface area contributed by atoms with Crippen LogP contribution in [0.2, 0.25) is 0 Å². The molecule has 0 atom stereocenters. The van der Waals surface area contributed by atoms with Gasteiger partial charge >= 0.3 is 0 Å². The van der Waals surface area contributed by atoms with Gasteiger partial charge in [0.1, 0.15) is 0 Å². The maximum Gasteiger partial charge on any atom is 0.0426 e. The molecule has 0 unspecified atom stereocenters. The molecule has 0 radical (unpaired) electrons. The van der Waals surface area contributed by atoms with Gasteiger partial charge in [-0.2, -0.15) is 0 Å². The number of benzene rings is 2. The summed E-state index contributed by atoms with van der Waals surface area (Å²) < 4.78 is 0. The molecule has 0 heterocycles. The molecular weight excluding hydrogens is 220 g/mol. The Morgan fingerprint density at radius 3 is 2.33 bits per heavy atom. The third-order valence-corrected chi connectivity index (χ3v) is 3.16. The molecule has 0 saturated carbocycles. The van der Waals surface area contributed by atoms with E-state index >= 15 is 0 Å². The second-order valence-electron chi connectivity index (χ2n) is 4.67. The van der Waals surface area contributed by atoms with Gasteiger partial charge in [0.25, 0.3) is 0 Å². The number of aryl methyl sites for hydroxylation is 1. The highest BCUT2D eigenvalue weighted by molar-refractivity contribution is 5.53. The van der Waals surface area contributed by atoms with Gasteiger partial charge in [0, 0.05) is 25.8 Å². The second kappa shape index (κ2) is 5.69. The first-order valence-corrected chi connectivity index (χ1v) is 6.25. The first kappa shape index (κ1) is 12.7. The summed E-state index contributed by atoms with van der Waals surface area (Å²) >= 11 is 0. The lowest BCUT2D eigenvalue weighted by molar-refractivity contribution is 0.903. The summed E-state index contributed by atoms with van der Waals surface area (Å²) in [6, 6.07) is 17.0. The second-order valence-corrected chi connectivity index (χ2v) is 4.67. The van der Waals surface area contributed by atoms with E-state index in [1.54, 1.807) is 0 Å². The SMILES string of the molecule is Cc1ccc(CN(C)c2ccccc2CN)cc1. The lowest BCUT2D eigenvalue weighted by Crippen LogP contribution is -2.18. The third kappa shape index (κ3) is 2.90. The van der Waals surface area contributed by atoms with Gasteiger partial charge in [-0.3, -0.25) is 0 Å². The molecule has 0 aromatic heterocycles. The summed E-state index contributed by atoms with van der Waals surface area (Å²) in [4.78, 5) is 2.24. The molecule has 18 heavy (non-hydrogen) atoms. The van der Waals surface area contributed by atoms with Crippen molar-refractivity contribution in [1.82, 2.24) is 0 Å². The standard InChI is InChI=1S/C16H20N2/c1-13-7-9-14(10-8-13)12-18(2)16-6-4-3-5-15(16)11-17/h3-10H,11-12,17H2,1-2H3. The summed E-state index contributed by atoms with van der Waals surface area (Å²) in [6.07, 6.45) is 0. The van der Waals surface area contributed by atoms with Gasteiger partial charge in [0.15, 0.2) is 0 Å². The van der Waals surface area contributed by atoms with Crippen molar-refractivity contribution in [2.75, 3.05) is 11.9 Å². The normalized spacial score (nSPS) is 10.4. The molecule has 0 amide bonds. The van der Waals surface area contributed by atoms with Crippen LogP contribution in [0, 0.1) is 6.92 Å². The predicted molar refractivity (Wildman–Crippen MR) is 77.6 cm³/mol. The van der Waals surface area contributed by atoms with E-state index in [0.29, 0.717) is 6.54 Å². The van der Waals surface area contributed by atoms with Crippen LogP contribution in [-0.2, 0) is 13.1 Å². The molecule has 2 heteroatoms. The number of para-hydroxylation sites is 1. The zero-order valence-electron chi connectivity index (χ0n) is 11.1. The summed E-state index contributed by atoms with van der Waals surface area (Å²) in [7, 11) is 2.11. The van der Waals surface area contributed by atoms with Gasteiger partial charge in [-0.25, -0.2) is 0 Å². The topological polar surface area (TPSA) is 29.3 Å². The Labute approximate surface area is 109 Å². The third-order valence-electron chi connectivity index (χ3n) is 3.16. The van der Waals surface area contributed by atoms with Crippen LogP contribution in [0.5, 0.6) is 0 Å². The highest BCUT2D eigenvalue weighted by Crippen LogP contribution is 2.20. The number of hydrogen-bond donors (Lipinski definition) is 1. The molecule has 0 aliphatic rings. The fourth-order valence-corrected chi connectivity index (χ4v) is 2.11. The smallest absolute Gasteiger partial charge is 0.0426 e. The van der Waals surface area contributed by atoms with Gasteiger partial charge in [0.2, 0.25) is 0 Å². The van der Waals surface area contributed by atoms with E-state index in [4.69, 9.17) is 5.73 Å². The maximum absolute atomic E-state index is 5.78. The van der Waals surface area contributed by atoms with Crippen molar-refractivity contribution in [1.29, 1.82) is 0 Å². The molecule has 0 saturated heterocycles. The quantitative estimate of drug-likeness (QED) is 0.889. The molecule has 94 valence electrons. The lowest BCUT2D eigenvalue weighted by Gasteiger charge is -2.22. The molecule has 2 aromatic rings. The van der Waals surface area contributed by atoms with Crippen LogP contribution < -0.4 is 10.6 Å². The molecule has 0 spiro atoms. The zero-order chi connectivity index (χ0) is 13.0. The van der Waals surface area contributed by atoms with E-state index in [1.165, 1.54) is 22.4 Å². The van der Waals surface area contributed by atoms with Crippen molar-refractivity contribution in [3.05, 3.63) is 65.2 Å². The summed E-state index contributed by atoms with van der Waals surface area (Å²) in [5.74, 6) is 0. The first-order valence-electron chi connectivity index (χ1n) is 6.25. The van der Waals surface area contributed by atoms with Crippen LogP contribution in [0.15, 0.2) is 48.5 Å². The monoisotopic (exact) mass is 240 g/mol. The average Bonchev–Trinajstić information content (AvgIpc) is 2.41. The average molecular weight is 240 g/mol. The van der Waals surface area contributed by atoms with Crippen LogP contribution in [-0.4, -0.2) is 7.05 Å². The van der Waals surface area contributed by atoms with Crippen LogP contribution in [0.25, 0.3) is 0 Å². The molecule has 2 aromatic carbocycles. The molecule has 2 nitrogen and oxygen atoms in total. The van der Waals surface area contributed by atoms with Gasteiger partial charge in [-0.15, -0.1) is 0 Å². The van der Waals surface area contributed by atoms with Crippen molar-refractivity contribution in [2.24, 2.45) is 5.73 Å². The highest BCUT2D eigenvalue weighted by atomic mass is 15.1. The molecule has 0 fully saturated rings. The summed E-state index contributed by atoms with van der Waals surface area (Å²) in [6.45, 7) is 3.59. The van der Waals surface area contributed by atoms with Gasteiger partial charge in [-0.1, -0.05) is 48.0 Å². The van der Waals surface area contributed by atoms with Crippen LogP contribution >= 0.6 is 0 Å². The summed E-state index contributed by atoms with van der Waals surface area (Å²) in [5, 5.41) is 0. The molecule has 2 N–H and O–H groups in total. The van der Waals surface area contributed by atoms with Gasteiger partial charge in [-0.05, 0) is 24.1 Å². The number of anilines is 1. The Morgan fingerprint density at radius 1 is 1.00 bits per heavy atom. The van der Waals surface area contributed by atoms with Crippen molar-refractivity contribution in [3.8, 4) is 0 Å². The van der Waals surface area contributed by atoms with Crippen LogP contribution in [0.4, 0.5) is 5.69 Å². The predicted octanol–water partition coefficient (Wildman–Crippen LogP) is 3.09. The molecular formula is C16H20N2. The molecule has 0 aliphatic heterocycles. The largest absolute Gasteiger partial charge is 0.370 e. The Bertz CT molecular complexity index is 503. The van der Waals surface area contributed by atoms with Crippen molar-refractivity contribution in [3.63, 3.8) is 0 Å². The van der Waals surface area contributed by atoms with E-state index in [-0.39, 0.29) is 0 Å². The minimum atomic E-state index is 0.578. The van der Waals surface area contributed by atoms with E-state index in [1.807, 2.05) is 6.07 Å².